The topological polar surface area (TPSA) is 57.5 Å². The summed E-state index contributed by atoms with van der Waals surface area (Å²) < 4.78 is 0. The summed E-state index contributed by atoms with van der Waals surface area (Å²) in [5.74, 6) is 0.398. The van der Waals surface area contributed by atoms with Gasteiger partial charge in [0.05, 0.1) is 5.41 Å². The number of aliphatic hydroxyl groups excluding tert-OH is 1. The van der Waals surface area contributed by atoms with Gasteiger partial charge in [0.1, 0.15) is 0 Å². The highest BCUT2D eigenvalue weighted by Gasteiger charge is 2.56. The monoisotopic (exact) mass is 306 g/mol. The van der Waals surface area contributed by atoms with Gasteiger partial charge in [-0.3, -0.25) is 4.79 Å². The average molecular weight is 306 g/mol. The molecule has 2 fully saturated rings. The van der Waals surface area contributed by atoms with Crippen molar-refractivity contribution < 1.29 is 15.0 Å². The third-order valence-corrected chi connectivity index (χ3v) is 7.37. The third kappa shape index (κ3) is 2.16. The van der Waals surface area contributed by atoms with Crippen molar-refractivity contribution in [3.05, 3.63) is 11.6 Å². The van der Waals surface area contributed by atoms with E-state index in [1.165, 1.54) is 18.4 Å². The molecule has 3 aliphatic carbocycles. The lowest BCUT2D eigenvalue weighted by molar-refractivity contribution is -0.147. The first-order valence-electron chi connectivity index (χ1n) is 8.81. The molecule has 0 bridgehead atoms. The van der Waals surface area contributed by atoms with Crippen molar-refractivity contribution in [1.29, 1.82) is 0 Å². The van der Waals surface area contributed by atoms with E-state index in [1.807, 2.05) is 6.92 Å². The smallest absolute Gasteiger partial charge is 0.313 e. The molecule has 0 unspecified atom stereocenters. The van der Waals surface area contributed by atoms with Crippen LogP contribution in [0.1, 0.15) is 65.7 Å². The Kier molecular flexibility index (Phi) is 3.71. The van der Waals surface area contributed by atoms with Gasteiger partial charge >= 0.3 is 5.97 Å². The maximum absolute atomic E-state index is 11.6. The summed E-state index contributed by atoms with van der Waals surface area (Å²) in [5.41, 5.74) is 0.993. The minimum absolute atomic E-state index is 0.0477. The van der Waals surface area contributed by atoms with Gasteiger partial charge in [0, 0.05) is 6.61 Å². The molecule has 3 aliphatic rings. The van der Waals surface area contributed by atoms with E-state index in [4.69, 9.17) is 0 Å². The number of hydrogen-bond acceptors (Lipinski definition) is 2. The second-order valence-corrected chi connectivity index (χ2v) is 8.80. The van der Waals surface area contributed by atoms with E-state index in [0.717, 1.165) is 32.1 Å². The Bertz CT molecular complexity index is 511. The maximum atomic E-state index is 11.6. The molecule has 0 spiro atoms. The minimum Gasteiger partial charge on any atom is -0.481 e. The predicted molar refractivity (Wildman–Crippen MR) is 86.4 cm³/mol. The molecule has 0 radical (unpaired) electrons. The SMILES string of the molecule is C[C@]1(CO)CCC[C@@]2(C)[C@@H]3CC[C@](C)(C(=O)O)C=C3CC[C@H]12. The zero-order valence-electron chi connectivity index (χ0n) is 14.2. The van der Waals surface area contributed by atoms with Crippen molar-refractivity contribution in [3.63, 3.8) is 0 Å². The zero-order chi connectivity index (χ0) is 16.2. The van der Waals surface area contributed by atoms with E-state index in [1.54, 1.807) is 0 Å². The summed E-state index contributed by atoms with van der Waals surface area (Å²) in [7, 11) is 0. The highest BCUT2D eigenvalue weighted by atomic mass is 16.4. The highest BCUT2D eigenvalue weighted by molar-refractivity contribution is 5.77. The largest absolute Gasteiger partial charge is 0.481 e. The molecule has 2 saturated carbocycles. The van der Waals surface area contributed by atoms with Gasteiger partial charge in [0.2, 0.25) is 0 Å². The Labute approximate surface area is 133 Å². The van der Waals surface area contributed by atoms with E-state index in [9.17, 15) is 15.0 Å². The van der Waals surface area contributed by atoms with E-state index in [0.29, 0.717) is 11.8 Å². The summed E-state index contributed by atoms with van der Waals surface area (Å²) in [6.07, 6.45) is 9.47. The van der Waals surface area contributed by atoms with Crippen LogP contribution in [0.4, 0.5) is 0 Å². The highest BCUT2D eigenvalue weighted by Crippen LogP contribution is 2.63. The lowest BCUT2D eigenvalue weighted by atomic mass is 9.45. The molecule has 3 nitrogen and oxygen atoms in total. The molecule has 0 heterocycles. The molecule has 2 N–H and O–H groups in total. The summed E-state index contributed by atoms with van der Waals surface area (Å²) in [5, 5.41) is 19.5. The molecule has 22 heavy (non-hydrogen) atoms. The van der Waals surface area contributed by atoms with E-state index in [-0.39, 0.29) is 17.4 Å². The first-order chi connectivity index (χ1) is 10.3. The molecule has 3 rings (SSSR count). The van der Waals surface area contributed by atoms with Gasteiger partial charge in [-0.2, -0.15) is 0 Å². The zero-order valence-corrected chi connectivity index (χ0v) is 14.2. The van der Waals surface area contributed by atoms with Crippen molar-refractivity contribution in [1.82, 2.24) is 0 Å². The Hall–Kier alpha value is -0.830. The number of carbonyl (C=O) groups is 1. The van der Waals surface area contributed by atoms with Crippen LogP contribution in [0.2, 0.25) is 0 Å². The first-order valence-corrected chi connectivity index (χ1v) is 8.81. The van der Waals surface area contributed by atoms with Gasteiger partial charge in [0.25, 0.3) is 0 Å². The quantitative estimate of drug-likeness (QED) is 0.758. The Morgan fingerprint density at radius 2 is 1.95 bits per heavy atom. The molecule has 0 amide bonds. The van der Waals surface area contributed by atoms with Crippen molar-refractivity contribution >= 4 is 5.97 Å². The van der Waals surface area contributed by atoms with Crippen LogP contribution < -0.4 is 0 Å². The average Bonchev–Trinajstić information content (AvgIpc) is 2.46. The molecule has 124 valence electrons. The molecule has 0 saturated heterocycles. The maximum Gasteiger partial charge on any atom is 0.313 e. The van der Waals surface area contributed by atoms with Crippen LogP contribution in [-0.4, -0.2) is 22.8 Å². The van der Waals surface area contributed by atoms with Gasteiger partial charge in [-0.15, -0.1) is 0 Å². The summed E-state index contributed by atoms with van der Waals surface area (Å²) >= 11 is 0. The van der Waals surface area contributed by atoms with Crippen molar-refractivity contribution in [3.8, 4) is 0 Å². The number of carboxylic acids is 1. The van der Waals surface area contributed by atoms with E-state index in [2.05, 4.69) is 19.9 Å². The van der Waals surface area contributed by atoms with Crippen LogP contribution in [0.15, 0.2) is 11.6 Å². The van der Waals surface area contributed by atoms with Crippen LogP contribution in [-0.2, 0) is 4.79 Å². The summed E-state index contributed by atoms with van der Waals surface area (Å²) in [4.78, 5) is 11.6. The van der Waals surface area contributed by atoms with Crippen LogP contribution in [0.5, 0.6) is 0 Å². The van der Waals surface area contributed by atoms with Gasteiger partial charge in [-0.1, -0.05) is 31.9 Å². The number of rotatable bonds is 2. The number of allylic oxidation sites excluding steroid dienone is 1. The van der Waals surface area contributed by atoms with Crippen LogP contribution >= 0.6 is 0 Å². The standard InChI is InChI=1S/C19H30O3/c1-17(16(21)22)10-7-14-13(11-17)5-6-15-18(2,12-20)8-4-9-19(14,15)3/h11,14-15,20H,4-10,12H2,1-3H3,(H,21,22)/t14-,15-,17+,18-,19+/m1/s1. The van der Waals surface area contributed by atoms with E-state index >= 15 is 0 Å². The molecule has 3 heteroatoms. The molecule has 0 aromatic rings. The van der Waals surface area contributed by atoms with Crippen molar-refractivity contribution in [2.45, 2.75) is 65.7 Å². The Morgan fingerprint density at radius 3 is 2.59 bits per heavy atom. The number of fused-ring (bicyclic) bond motifs is 3. The number of aliphatic hydroxyl groups is 1. The van der Waals surface area contributed by atoms with Gasteiger partial charge in [0.15, 0.2) is 0 Å². The Morgan fingerprint density at radius 1 is 1.23 bits per heavy atom. The number of aliphatic carboxylic acids is 1. The second kappa shape index (κ2) is 5.09. The molecule has 5 atom stereocenters. The summed E-state index contributed by atoms with van der Waals surface area (Å²) in [6, 6.07) is 0. The van der Waals surface area contributed by atoms with Crippen LogP contribution in [0.3, 0.4) is 0 Å². The molecule has 0 aromatic carbocycles. The second-order valence-electron chi connectivity index (χ2n) is 8.80. The number of hydrogen-bond donors (Lipinski definition) is 2. The van der Waals surface area contributed by atoms with Crippen LogP contribution in [0.25, 0.3) is 0 Å². The lowest BCUT2D eigenvalue weighted by Crippen LogP contribution is -2.53. The fraction of sp³-hybridized carbons (Fsp3) is 0.842. The van der Waals surface area contributed by atoms with Crippen LogP contribution in [0, 0.1) is 28.1 Å². The van der Waals surface area contributed by atoms with Crippen molar-refractivity contribution in [2.75, 3.05) is 6.61 Å². The molecular weight excluding hydrogens is 276 g/mol. The van der Waals surface area contributed by atoms with E-state index < -0.39 is 11.4 Å². The molecule has 0 aromatic heterocycles. The lowest BCUT2D eigenvalue weighted by Gasteiger charge is -2.59. The summed E-state index contributed by atoms with van der Waals surface area (Å²) in [6.45, 7) is 6.82. The third-order valence-electron chi connectivity index (χ3n) is 7.37. The Balaban J connectivity index is 1.96. The molecule has 0 aliphatic heterocycles. The number of carboxylic acid groups (broad SMARTS) is 1. The van der Waals surface area contributed by atoms with Gasteiger partial charge < -0.3 is 10.2 Å². The van der Waals surface area contributed by atoms with Gasteiger partial charge in [-0.25, -0.2) is 0 Å². The minimum atomic E-state index is -0.686. The molecular formula is C19H30O3. The predicted octanol–water partition coefficient (Wildman–Crippen LogP) is 4.01. The normalized spacial score (nSPS) is 48.1. The fourth-order valence-corrected chi connectivity index (χ4v) is 5.99. The van der Waals surface area contributed by atoms with Crippen molar-refractivity contribution in [2.24, 2.45) is 28.1 Å². The fourth-order valence-electron chi connectivity index (χ4n) is 5.99. The van der Waals surface area contributed by atoms with Gasteiger partial charge in [-0.05, 0) is 68.1 Å². The first kappa shape index (κ1) is 16.0.